The molecule has 1 aliphatic rings. The zero-order valence-corrected chi connectivity index (χ0v) is 15.2. The molecule has 1 fully saturated rings. The summed E-state index contributed by atoms with van der Waals surface area (Å²) in [4.78, 5) is 26.3. The first kappa shape index (κ1) is 18.1. The number of nitrogens with zero attached hydrogens (tertiary/aromatic N) is 1. The Balaban J connectivity index is 1.80. The fraction of sp³-hybridized carbons (Fsp3) is 0.263. The molecule has 2 aromatic rings. The van der Waals surface area contributed by atoms with Crippen molar-refractivity contribution in [2.24, 2.45) is 5.92 Å². The second-order valence-corrected chi connectivity index (χ2v) is 6.21. The summed E-state index contributed by atoms with van der Waals surface area (Å²) in [5, 5.41) is 0.353. The third-order valence-electron chi connectivity index (χ3n) is 4.16. The average molecular weight is 376 g/mol. The van der Waals surface area contributed by atoms with E-state index in [1.807, 2.05) is 6.07 Å². The number of hydrogen-bond acceptors (Lipinski definition) is 5. The first-order chi connectivity index (χ1) is 12.5. The maximum absolute atomic E-state index is 12.5. The van der Waals surface area contributed by atoms with Gasteiger partial charge in [0.05, 0.1) is 30.8 Å². The van der Waals surface area contributed by atoms with Gasteiger partial charge in [0, 0.05) is 19.0 Å². The van der Waals surface area contributed by atoms with Crippen molar-refractivity contribution < 1.29 is 23.8 Å². The summed E-state index contributed by atoms with van der Waals surface area (Å²) in [6.07, 6.45) is 0.0679. The molecule has 1 atom stereocenters. The van der Waals surface area contributed by atoms with Crippen LogP contribution in [0.15, 0.2) is 42.5 Å². The minimum Gasteiger partial charge on any atom is -0.495 e. The summed E-state index contributed by atoms with van der Waals surface area (Å²) in [6, 6.07) is 12.0. The van der Waals surface area contributed by atoms with Gasteiger partial charge in [-0.05, 0) is 18.2 Å². The number of carbonyl (C=O) groups is 2. The van der Waals surface area contributed by atoms with Gasteiger partial charge in [-0.15, -0.1) is 0 Å². The summed E-state index contributed by atoms with van der Waals surface area (Å²) in [7, 11) is 2.99. The van der Waals surface area contributed by atoms with Crippen LogP contribution in [0.2, 0.25) is 5.02 Å². The molecule has 1 unspecified atom stereocenters. The number of carbonyl (C=O) groups excluding carboxylic acids is 2. The predicted molar refractivity (Wildman–Crippen MR) is 97.1 cm³/mol. The number of hydrogen-bond donors (Lipinski definition) is 0. The van der Waals surface area contributed by atoms with E-state index in [4.69, 9.17) is 25.8 Å². The third kappa shape index (κ3) is 3.60. The second kappa shape index (κ2) is 7.66. The Morgan fingerprint density at radius 2 is 1.81 bits per heavy atom. The van der Waals surface area contributed by atoms with Gasteiger partial charge < -0.3 is 19.1 Å². The van der Waals surface area contributed by atoms with Crippen molar-refractivity contribution in [2.45, 2.75) is 6.42 Å². The normalized spacial score (nSPS) is 16.5. The first-order valence-electron chi connectivity index (χ1n) is 8.02. The molecule has 7 heteroatoms. The number of amides is 1. The van der Waals surface area contributed by atoms with Gasteiger partial charge in [0.25, 0.3) is 0 Å². The maximum Gasteiger partial charge on any atom is 0.316 e. The molecule has 1 saturated heterocycles. The average Bonchev–Trinajstić information content (AvgIpc) is 3.04. The van der Waals surface area contributed by atoms with Crippen molar-refractivity contribution in [3.63, 3.8) is 0 Å². The van der Waals surface area contributed by atoms with Crippen molar-refractivity contribution in [3.8, 4) is 17.2 Å². The van der Waals surface area contributed by atoms with E-state index in [1.54, 1.807) is 36.4 Å². The number of ether oxygens (including phenoxy) is 3. The van der Waals surface area contributed by atoms with Crippen molar-refractivity contribution in [2.75, 3.05) is 25.7 Å². The topological polar surface area (TPSA) is 65.1 Å². The fourth-order valence-electron chi connectivity index (χ4n) is 2.84. The van der Waals surface area contributed by atoms with Crippen LogP contribution in [0.3, 0.4) is 0 Å². The van der Waals surface area contributed by atoms with E-state index >= 15 is 0 Å². The summed E-state index contributed by atoms with van der Waals surface area (Å²) in [5.74, 6) is 0.141. The lowest BCUT2D eigenvalue weighted by molar-refractivity contribution is -0.139. The van der Waals surface area contributed by atoms with Crippen molar-refractivity contribution in [1.82, 2.24) is 0 Å². The van der Waals surface area contributed by atoms with Crippen LogP contribution in [0, 0.1) is 5.92 Å². The van der Waals surface area contributed by atoms with Crippen LogP contribution in [0.5, 0.6) is 17.2 Å². The van der Waals surface area contributed by atoms with E-state index in [9.17, 15) is 9.59 Å². The fourth-order valence-corrected chi connectivity index (χ4v) is 3.08. The van der Waals surface area contributed by atoms with Crippen LogP contribution in [0.4, 0.5) is 5.69 Å². The molecule has 0 spiro atoms. The molecule has 26 heavy (non-hydrogen) atoms. The molecule has 0 radical (unpaired) electrons. The number of rotatable bonds is 5. The van der Waals surface area contributed by atoms with Gasteiger partial charge >= 0.3 is 5.97 Å². The van der Waals surface area contributed by atoms with Gasteiger partial charge in [-0.2, -0.15) is 0 Å². The Kier molecular flexibility index (Phi) is 5.32. The molecule has 0 aliphatic carbocycles. The molecule has 2 aromatic carbocycles. The molecular formula is C19H18ClNO5. The van der Waals surface area contributed by atoms with Gasteiger partial charge in [-0.25, -0.2) is 0 Å². The second-order valence-electron chi connectivity index (χ2n) is 5.80. The van der Waals surface area contributed by atoms with Crippen LogP contribution in [-0.4, -0.2) is 32.6 Å². The summed E-state index contributed by atoms with van der Waals surface area (Å²) >= 11 is 6.18. The molecule has 3 rings (SSSR count). The maximum atomic E-state index is 12.5. The highest BCUT2D eigenvalue weighted by Crippen LogP contribution is 2.40. The molecule has 0 saturated carbocycles. The van der Waals surface area contributed by atoms with Crippen molar-refractivity contribution >= 4 is 29.2 Å². The Morgan fingerprint density at radius 1 is 1.12 bits per heavy atom. The number of esters is 1. The van der Waals surface area contributed by atoms with Gasteiger partial charge in [0.2, 0.25) is 5.91 Å². The zero-order chi connectivity index (χ0) is 18.7. The Morgan fingerprint density at radius 3 is 2.46 bits per heavy atom. The van der Waals surface area contributed by atoms with Crippen molar-refractivity contribution in [3.05, 3.63) is 47.5 Å². The SMILES string of the molecule is COc1cc(OC)c(N2CC(C(=O)Oc3ccccc3)CC2=O)cc1Cl. The predicted octanol–water partition coefficient (Wildman–Crippen LogP) is 3.32. The smallest absolute Gasteiger partial charge is 0.316 e. The van der Waals surface area contributed by atoms with Crippen LogP contribution >= 0.6 is 11.6 Å². The minimum atomic E-state index is -0.562. The van der Waals surface area contributed by atoms with E-state index in [1.165, 1.54) is 19.1 Å². The number of benzene rings is 2. The monoisotopic (exact) mass is 375 g/mol. The largest absolute Gasteiger partial charge is 0.495 e. The molecule has 1 aliphatic heterocycles. The molecule has 1 amide bonds. The third-order valence-corrected chi connectivity index (χ3v) is 4.46. The summed E-state index contributed by atoms with van der Waals surface area (Å²) in [6.45, 7) is 0.198. The highest BCUT2D eigenvalue weighted by molar-refractivity contribution is 6.32. The van der Waals surface area contributed by atoms with E-state index in [0.717, 1.165) is 0 Å². The van der Waals surface area contributed by atoms with Crippen molar-refractivity contribution in [1.29, 1.82) is 0 Å². The molecule has 136 valence electrons. The van der Waals surface area contributed by atoms with Gasteiger partial charge in [-0.1, -0.05) is 29.8 Å². The Labute approximate surface area is 156 Å². The Bertz CT molecular complexity index is 824. The van der Waals surface area contributed by atoms with Crippen LogP contribution in [0.1, 0.15) is 6.42 Å². The number of para-hydroxylation sites is 1. The van der Waals surface area contributed by atoms with E-state index in [0.29, 0.717) is 28.0 Å². The highest BCUT2D eigenvalue weighted by atomic mass is 35.5. The van der Waals surface area contributed by atoms with Gasteiger partial charge in [0.15, 0.2) is 0 Å². The highest BCUT2D eigenvalue weighted by Gasteiger charge is 2.37. The first-order valence-corrected chi connectivity index (χ1v) is 8.40. The van der Waals surface area contributed by atoms with E-state index < -0.39 is 11.9 Å². The molecule has 0 bridgehead atoms. The number of methoxy groups -OCH3 is 2. The lowest BCUT2D eigenvalue weighted by atomic mass is 10.1. The molecule has 1 heterocycles. The standard InChI is InChI=1S/C19H18ClNO5/c1-24-16-10-17(25-2)15(9-14(16)20)21-11-12(8-18(21)22)19(23)26-13-6-4-3-5-7-13/h3-7,9-10,12H,8,11H2,1-2H3. The van der Waals surface area contributed by atoms with E-state index in [2.05, 4.69) is 0 Å². The molecule has 0 N–H and O–H groups in total. The molecular weight excluding hydrogens is 358 g/mol. The van der Waals surface area contributed by atoms with Crippen LogP contribution < -0.4 is 19.1 Å². The quantitative estimate of drug-likeness (QED) is 0.592. The Hall–Kier alpha value is -2.73. The summed E-state index contributed by atoms with van der Waals surface area (Å²) < 4.78 is 15.9. The lowest BCUT2D eigenvalue weighted by Crippen LogP contribution is -2.27. The molecule has 0 aromatic heterocycles. The van der Waals surface area contributed by atoms with Crippen LogP contribution in [-0.2, 0) is 9.59 Å². The molecule has 6 nitrogen and oxygen atoms in total. The van der Waals surface area contributed by atoms with Gasteiger partial charge in [0.1, 0.15) is 17.2 Å². The minimum absolute atomic E-state index is 0.0679. The van der Waals surface area contributed by atoms with E-state index in [-0.39, 0.29) is 18.9 Å². The number of halogens is 1. The summed E-state index contributed by atoms with van der Waals surface area (Å²) in [5.41, 5.74) is 0.498. The zero-order valence-electron chi connectivity index (χ0n) is 14.4. The van der Waals surface area contributed by atoms with Gasteiger partial charge in [-0.3, -0.25) is 9.59 Å². The lowest BCUT2D eigenvalue weighted by Gasteiger charge is -2.20. The van der Waals surface area contributed by atoms with Crippen LogP contribution in [0.25, 0.3) is 0 Å². The number of anilines is 1.